The Kier molecular flexibility index (Phi) is 2.22. The minimum atomic E-state index is -0.325. The van der Waals surface area contributed by atoms with E-state index >= 15 is 0 Å². The van der Waals surface area contributed by atoms with Crippen LogP contribution >= 0.6 is 22.6 Å². The zero-order chi connectivity index (χ0) is 7.56. The van der Waals surface area contributed by atoms with Crippen molar-refractivity contribution in [3.63, 3.8) is 0 Å². The first-order valence-electron chi connectivity index (χ1n) is 2.56. The van der Waals surface area contributed by atoms with Gasteiger partial charge in [0, 0.05) is 3.57 Å². The van der Waals surface area contributed by atoms with Crippen molar-refractivity contribution >= 4 is 28.3 Å². The largest absolute Gasteiger partial charge is 0.238 e. The summed E-state index contributed by atoms with van der Waals surface area (Å²) in [5, 5.41) is 0. The van der Waals surface area contributed by atoms with Crippen molar-refractivity contribution in [2.45, 2.75) is 0 Å². The molecule has 0 aromatic heterocycles. The van der Waals surface area contributed by atoms with Crippen LogP contribution in [0.15, 0.2) is 18.2 Å². The number of hydrogen-bond donors (Lipinski definition) is 0. The summed E-state index contributed by atoms with van der Waals surface area (Å²) in [6.07, 6.45) is 0. The maximum Gasteiger partial charge on any atom is 0.190 e. The van der Waals surface area contributed by atoms with Crippen LogP contribution in [0.25, 0.3) is 4.85 Å². The van der Waals surface area contributed by atoms with E-state index in [1.165, 1.54) is 6.07 Å². The van der Waals surface area contributed by atoms with Crippen LogP contribution in [0.1, 0.15) is 0 Å². The summed E-state index contributed by atoms with van der Waals surface area (Å²) in [6, 6.07) is 4.41. The zero-order valence-electron chi connectivity index (χ0n) is 4.94. The second-order valence-corrected chi connectivity index (χ2v) is 2.87. The Bertz CT molecular complexity index is 290. The van der Waals surface area contributed by atoms with Crippen LogP contribution in [0, 0.1) is 16.0 Å². The molecule has 0 saturated heterocycles. The van der Waals surface area contributed by atoms with Crippen LogP contribution in [0.5, 0.6) is 0 Å². The minimum absolute atomic E-state index is 0.325. The van der Waals surface area contributed by atoms with Gasteiger partial charge in [-0.1, -0.05) is 12.1 Å². The van der Waals surface area contributed by atoms with Gasteiger partial charge in [-0.05, 0) is 28.7 Å². The number of halogens is 2. The number of rotatable bonds is 0. The van der Waals surface area contributed by atoms with Gasteiger partial charge in [0.15, 0.2) is 5.69 Å². The molecular weight excluding hydrogens is 244 g/mol. The van der Waals surface area contributed by atoms with E-state index in [9.17, 15) is 4.39 Å². The Morgan fingerprint density at radius 2 is 2.20 bits per heavy atom. The second kappa shape index (κ2) is 2.97. The first kappa shape index (κ1) is 7.48. The van der Waals surface area contributed by atoms with Crippen LogP contribution in [0.2, 0.25) is 0 Å². The highest BCUT2D eigenvalue weighted by atomic mass is 127. The molecule has 50 valence electrons. The second-order valence-electron chi connectivity index (χ2n) is 1.71. The predicted octanol–water partition coefficient (Wildman–Crippen LogP) is 2.98. The summed E-state index contributed by atoms with van der Waals surface area (Å²) in [5.41, 5.74) is 0.345. The molecule has 0 N–H and O–H groups in total. The van der Waals surface area contributed by atoms with Gasteiger partial charge in [0.05, 0.1) is 6.57 Å². The SMILES string of the molecule is [C-]#[N+]c1ccc(I)c(F)c1. The van der Waals surface area contributed by atoms with Crippen molar-refractivity contribution in [3.05, 3.63) is 39.0 Å². The van der Waals surface area contributed by atoms with E-state index in [1.54, 1.807) is 12.1 Å². The van der Waals surface area contributed by atoms with Crippen molar-refractivity contribution in [2.75, 3.05) is 0 Å². The fourth-order valence-corrected chi connectivity index (χ4v) is 0.890. The lowest BCUT2D eigenvalue weighted by atomic mass is 10.3. The lowest BCUT2D eigenvalue weighted by molar-refractivity contribution is 0.621. The molecule has 0 spiro atoms. The Balaban J connectivity index is 3.20. The van der Waals surface area contributed by atoms with Crippen LogP contribution < -0.4 is 0 Å². The summed E-state index contributed by atoms with van der Waals surface area (Å²) in [6.45, 7) is 6.57. The number of benzene rings is 1. The predicted molar refractivity (Wildman–Crippen MR) is 45.4 cm³/mol. The Morgan fingerprint density at radius 3 is 2.70 bits per heavy atom. The van der Waals surface area contributed by atoms with Crippen LogP contribution in [-0.2, 0) is 0 Å². The highest BCUT2D eigenvalue weighted by molar-refractivity contribution is 14.1. The van der Waals surface area contributed by atoms with Gasteiger partial charge in [-0.2, -0.15) is 0 Å². The van der Waals surface area contributed by atoms with Gasteiger partial charge in [0.2, 0.25) is 0 Å². The smallest absolute Gasteiger partial charge is 0.190 e. The van der Waals surface area contributed by atoms with Crippen LogP contribution in [-0.4, -0.2) is 0 Å². The molecule has 1 rings (SSSR count). The van der Waals surface area contributed by atoms with E-state index in [2.05, 4.69) is 4.85 Å². The van der Waals surface area contributed by atoms with Crippen LogP contribution in [0.3, 0.4) is 0 Å². The van der Waals surface area contributed by atoms with Gasteiger partial charge in [-0.25, -0.2) is 9.24 Å². The topological polar surface area (TPSA) is 4.36 Å². The van der Waals surface area contributed by atoms with Gasteiger partial charge >= 0.3 is 0 Å². The minimum Gasteiger partial charge on any atom is -0.238 e. The molecule has 1 aromatic rings. The molecule has 0 atom stereocenters. The Morgan fingerprint density at radius 1 is 1.50 bits per heavy atom. The molecule has 3 heteroatoms. The molecule has 0 unspecified atom stereocenters. The average molecular weight is 247 g/mol. The molecule has 0 saturated carbocycles. The summed E-state index contributed by atoms with van der Waals surface area (Å²) in [5.74, 6) is -0.325. The summed E-state index contributed by atoms with van der Waals surface area (Å²) in [4.78, 5) is 3.08. The van der Waals surface area contributed by atoms with Gasteiger partial charge in [-0.15, -0.1) is 0 Å². The molecule has 0 aliphatic rings. The van der Waals surface area contributed by atoms with Gasteiger partial charge in [0.25, 0.3) is 0 Å². The van der Waals surface area contributed by atoms with E-state index < -0.39 is 0 Å². The van der Waals surface area contributed by atoms with E-state index in [4.69, 9.17) is 6.57 Å². The lowest BCUT2D eigenvalue weighted by Gasteiger charge is -1.92. The van der Waals surface area contributed by atoms with E-state index in [0.717, 1.165) is 0 Å². The average Bonchev–Trinajstić information content (AvgIpc) is 1.95. The van der Waals surface area contributed by atoms with Gasteiger partial charge < -0.3 is 0 Å². The fraction of sp³-hybridized carbons (Fsp3) is 0. The monoisotopic (exact) mass is 247 g/mol. The third-order valence-electron chi connectivity index (χ3n) is 1.03. The number of hydrogen-bond acceptors (Lipinski definition) is 0. The first-order valence-corrected chi connectivity index (χ1v) is 3.64. The highest BCUT2D eigenvalue weighted by Crippen LogP contribution is 2.17. The molecule has 0 radical (unpaired) electrons. The normalized spacial score (nSPS) is 8.90. The molecular formula is C7H3FIN. The van der Waals surface area contributed by atoms with Gasteiger partial charge in [0.1, 0.15) is 5.82 Å². The summed E-state index contributed by atoms with van der Waals surface area (Å²) >= 11 is 1.88. The third kappa shape index (κ3) is 1.45. The molecule has 0 aliphatic carbocycles. The maximum absolute atomic E-state index is 12.6. The molecule has 1 nitrogen and oxygen atoms in total. The fourth-order valence-electron chi connectivity index (χ4n) is 0.555. The maximum atomic E-state index is 12.6. The van der Waals surface area contributed by atoms with E-state index in [0.29, 0.717) is 9.26 Å². The molecule has 0 bridgehead atoms. The first-order chi connectivity index (χ1) is 4.74. The van der Waals surface area contributed by atoms with E-state index in [-0.39, 0.29) is 5.82 Å². The van der Waals surface area contributed by atoms with E-state index in [1.807, 2.05) is 22.6 Å². The molecule has 10 heavy (non-hydrogen) atoms. The molecule has 0 aliphatic heterocycles. The molecule has 0 amide bonds. The number of nitrogens with zero attached hydrogens (tertiary/aromatic N) is 1. The Hall–Kier alpha value is -0.630. The summed E-state index contributed by atoms with van der Waals surface area (Å²) in [7, 11) is 0. The van der Waals surface area contributed by atoms with Crippen molar-refractivity contribution in [2.24, 2.45) is 0 Å². The zero-order valence-corrected chi connectivity index (χ0v) is 7.09. The quantitative estimate of drug-likeness (QED) is 0.490. The van der Waals surface area contributed by atoms with Crippen LogP contribution in [0.4, 0.5) is 10.1 Å². The third-order valence-corrected chi connectivity index (χ3v) is 1.91. The summed E-state index contributed by atoms with van der Waals surface area (Å²) < 4.78 is 13.2. The molecule has 1 aromatic carbocycles. The standard InChI is InChI=1S/C7H3FIN/c1-10-5-2-3-7(9)6(8)4-5/h2-4H. The van der Waals surface area contributed by atoms with Gasteiger partial charge in [-0.3, -0.25) is 0 Å². The van der Waals surface area contributed by atoms with Crippen molar-refractivity contribution in [1.29, 1.82) is 0 Å². The van der Waals surface area contributed by atoms with Crippen molar-refractivity contribution in [3.8, 4) is 0 Å². The highest BCUT2D eigenvalue weighted by Gasteiger charge is 1.97. The van der Waals surface area contributed by atoms with Crippen molar-refractivity contribution < 1.29 is 4.39 Å². The lowest BCUT2D eigenvalue weighted by Crippen LogP contribution is -1.77. The molecule has 0 heterocycles. The van der Waals surface area contributed by atoms with Crippen molar-refractivity contribution in [1.82, 2.24) is 0 Å². The molecule has 0 fully saturated rings. The Labute approximate surface area is 71.8 Å².